The number of carbonyl (C=O) groups excluding carboxylic acids is 1. The third-order valence-electron chi connectivity index (χ3n) is 5.56. The summed E-state index contributed by atoms with van der Waals surface area (Å²) in [5.74, 6) is 0.540. The van der Waals surface area contributed by atoms with Crippen molar-refractivity contribution in [3.05, 3.63) is 58.1 Å². The third-order valence-corrected chi connectivity index (χ3v) is 8.45. The minimum absolute atomic E-state index is 0.0800. The van der Waals surface area contributed by atoms with Crippen LogP contribution in [-0.2, 0) is 14.8 Å². The number of thiophene rings is 1. The Hall–Kier alpha value is -2.95. The molecule has 0 saturated carbocycles. The van der Waals surface area contributed by atoms with Crippen molar-refractivity contribution in [1.29, 1.82) is 0 Å². The van der Waals surface area contributed by atoms with E-state index in [9.17, 15) is 13.2 Å². The van der Waals surface area contributed by atoms with E-state index < -0.39 is 10.0 Å². The van der Waals surface area contributed by atoms with Gasteiger partial charge < -0.3 is 14.6 Å². The number of rotatable bonds is 7. The Morgan fingerprint density at radius 3 is 2.58 bits per heavy atom. The molecule has 0 spiro atoms. The zero-order valence-corrected chi connectivity index (χ0v) is 20.0. The van der Waals surface area contributed by atoms with Crippen LogP contribution in [0.2, 0.25) is 0 Å². The van der Waals surface area contributed by atoms with Crippen LogP contribution >= 0.6 is 11.3 Å². The van der Waals surface area contributed by atoms with Gasteiger partial charge in [-0.05, 0) is 67.6 Å². The van der Waals surface area contributed by atoms with E-state index in [1.807, 2.05) is 17.5 Å². The lowest BCUT2D eigenvalue weighted by Crippen LogP contribution is -2.41. The summed E-state index contributed by atoms with van der Waals surface area (Å²) in [6, 6.07) is 10.9. The van der Waals surface area contributed by atoms with Gasteiger partial charge >= 0.3 is 0 Å². The second kappa shape index (κ2) is 9.90. The number of aromatic nitrogens is 1. The number of methoxy groups -OCH3 is 1. The highest BCUT2D eigenvalue weighted by Gasteiger charge is 2.35. The van der Waals surface area contributed by atoms with Crippen molar-refractivity contribution in [3.63, 3.8) is 0 Å². The summed E-state index contributed by atoms with van der Waals surface area (Å²) < 4.78 is 38.6. The van der Waals surface area contributed by atoms with E-state index in [1.165, 1.54) is 4.31 Å². The van der Waals surface area contributed by atoms with Crippen LogP contribution in [0.4, 0.5) is 5.69 Å². The normalized spacial score (nSPS) is 15.7. The lowest BCUT2D eigenvalue weighted by atomic mass is 9.97. The van der Waals surface area contributed by atoms with E-state index in [1.54, 1.807) is 61.8 Å². The molecule has 0 atom stereocenters. The van der Waals surface area contributed by atoms with Crippen molar-refractivity contribution < 1.29 is 22.5 Å². The Morgan fingerprint density at radius 1 is 1.21 bits per heavy atom. The fraction of sp³-hybridized carbons (Fsp3) is 0.304. The monoisotopic (exact) mass is 487 g/mol. The molecule has 1 amide bonds. The van der Waals surface area contributed by atoms with E-state index in [0.717, 1.165) is 4.88 Å². The van der Waals surface area contributed by atoms with Crippen LogP contribution in [0.15, 0.2) is 51.2 Å². The van der Waals surface area contributed by atoms with Gasteiger partial charge in [0.05, 0.1) is 7.11 Å². The Balaban J connectivity index is 1.42. The van der Waals surface area contributed by atoms with Crippen LogP contribution in [0.1, 0.15) is 29.2 Å². The standard InChI is InChI=1S/C23H25N3O5S2/c1-16-22(21(31-25-16)10-9-20-4-3-15-32-20)33(28,29)26-13-11-17(12-14-26)23(27)24-18-5-7-19(30-2)8-6-18/h3-10,15,17H,11-14H2,1-2H3,(H,24,27)/b10-9+. The highest BCUT2D eigenvalue weighted by Crippen LogP contribution is 2.30. The molecule has 1 N–H and O–H groups in total. The van der Waals surface area contributed by atoms with Crippen LogP contribution in [0.3, 0.4) is 0 Å². The second-order valence-electron chi connectivity index (χ2n) is 7.71. The molecule has 0 radical (unpaired) electrons. The SMILES string of the molecule is COc1ccc(NC(=O)C2CCN(S(=O)(=O)c3c(C)noc3/C=C/c3cccs3)CC2)cc1. The highest BCUT2D eigenvalue weighted by atomic mass is 32.2. The second-order valence-corrected chi connectivity index (χ2v) is 10.6. The number of piperidine rings is 1. The number of hydrogen-bond donors (Lipinski definition) is 1. The first-order valence-electron chi connectivity index (χ1n) is 10.5. The minimum atomic E-state index is -3.80. The zero-order chi connectivity index (χ0) is 23.4. The highest BCUT2D eigenvalue weighted by molar-refractivity contribution is 7.89. The van der Waals surface area contributed by atoms with Gasteiger partial charge in [-0.25, -0.2) is 8.42 Å². The van der Waals surface area contributed by atoms with E-state index in [0.29, 0.717) is 30.0 Å². The van der Waals surface area contributed by atoms with Crippen LogP contribution in [-0.4, -0.2) is 44.0 Å². The number of nitrogens with one attached hydrogen (secondary N) is 1. The number of hydrogen-bond acceptors (Lipinski definition) is 7. The molecule has 8 nitrogen and oxygen atoms in total. The van der Waals surface area contributed by atoms with E-state index >= 15 is 0 Å². The molecule has 0 aliphatic carbocycles. The lowest BCUT2D eigenvalue weighted by molar-refractivity contribution is -0.120. The summed E-state index contributed by atoms with van der Waals surface area (Å²) in [5.41, 5.74) is 0.998. The Morgan fingerprint density at radius 2 is 1.94 bits per heavy atom. The topological polar surface area (TPSA) is 102 Å². The maximum Gasteiger partial charge on any atom is 0.248 e. The smallest absolute Gasteiger partial charge is 0.248 e. The number of amides is 1. The molecule has 174 valence electrons. The summed E-state index contributed by atoms with van der Waals surface area (Å²) in [5, 5.41) is 8.72. The van der Waals surface area contributed by atoms with Gasteiger partial charge in [0.15, 0.2) is 10.7 Å². The number of benzene rings is 1. The summed E-state index contributed by atoms with van der Waals surface area (Å²) >= 11 is 1.54. The number of aryl methyl sites for hydroxylation is 1. The molecule has 1 saturated heterocycles. The predicted octanol–water partition coefficient (Wildman–Crippen LogP) is 4.26. The van der Waals surface area contributed by atoms with Crippen molar-refractivity contribution in [2.24, 2.45) is 5.92 Å². The van der Waals surface area contributed by atoms with Gasteiger partial charge in [0.2, 0.25) is 15.9 Å². The molecular weight excluding hydrogens is 462 g/mol. The first-order chi connectivity index (χ1) is 15.9. The molecule has 33 heavy (non-hydrogen) atoms. The summed E-state index contributed by atoms with van der Waals surface area (Å²) in [7, 11) is -2.22. The van der Waals surface area contributed by atoms with Crippen molar-refractivity contribution in [1.82, 2.24) is 9.46 Å². The Labute approximate surface area is 196 Å². The average Bonchev–Trinajstić information content (AvgIpc) is 3.48. The lowest BCUT2D eigenvalue weighted by Gasteiger charge is -2.30. The molecule has 4 rings (SSSR count). The van der Waals surface area contributed by atoms with E-state index in [4.69, 9.17) is 9.26 Å². The molecule has 10 heteroatoms. The molecule has 0 bridgehead atoms. The van der Waals surface area contributed by atoms with Crippen molar-refractivity contribution in [2.75, 3.05) is 25.5 Å². The number of carbonyl (C=O) groups is 1. The van der Waals surface area contributed by atoms with Crippen LogP contribution in [0.25, 0.3) is 12.2 Å². The molecule has 1 fully saturated rings. The molecular formula is C23H25N3O5S2. The summed E-state index contributed by atoms with van der Waals surface area (Å²) in [4.78, 5) is 13.7. The van der Waals surface area contributed by atoms with Gasteiger partial charge in [-0.3, -0.25) is 4.79 Å². The Bertz CT molecular complexity index is 1220. The molecule has 1 aliphatic rings. The van der Waals surface area contributed by atoms with E-state index in [-0.39, 0.29) is 35.6 Å². The molecule has 0 unspecified atom stereocenters. The number of sulfonamides is 1. The van der Waals surface area contributed by atoms with Crippen molar-refractivity contribution in [2.45, 2.75) is 24.7 Å². The molecule has 1 aliphatic heterocycles. The summed E-state index contributed by atoms with van der Waals surface area (Å²) in [6.07, 6.45) is 4.31. The van der Waals surface area contributed by atoms with Gasteiger partial charge in [-0.2, -0.15) is 4.31 Å². The van der Waals surface area contributed by atoms with Crippen molar-refractivity contribution in [3.8, 4) is 5.75 Å². The number of nitrogens with zero attached hydrogens (tertiary/aromatic N) is 2. The minimum Gasteiger partial charge on any atom is -0.497 e. The fourth-order valence-electron chi connectivity index (χ4n) is 3.75. The predicted molar refractivity (Wildman–Crippen MR) is 128 cm³/mol. The van der Waals surface area contributed by atoms with Gasteiger partial charge in [0.25, 0.3) is 0 Å². The van der Waals surface area contributed by atoms with Gasteiger partial charge in [-0.1, -0.05) is 11.2 Å². The summed E-state index contributed by atoms with van der Waals surface area (Å²) in [6.45, 7) is 2.12. The third kappa shape index (κ3) is 5.18. The number of ether oxygens (including phenoxy) is 1. The average molecular weight is 488 g/mol. The maximum atomic E-state index is 13.4. The first-order valence-corrected chi connectivity index (χ1v) is 12.8. The van der Waals surface area contributed by atoms with Crippen molar-refractivity contribution >= 4 is 45.1 Å². The zero-order valence-electron chi connectivity index (χ0n) is 18.4. The van der Waals surface area contributed by atoms with Crippen LogP contribution < -0.4 is 10.1 Å². The van der Waals surface area contributed by atoms with Gasteiger partial charge in [0, 0.05) is 29.6 Å². The fourth-order valence-corrected chi connectivity index (χ4v) is 6.09. The Kier molecular flexibility index (Phi) is 6.96. The maximum absolute atomic E-state index is 13.4. The number of anilines is 1. The molecule has 3 aromatic rings. The first kappa shape index (κ1) is 23.2. The van der Waals surface area contributed by atoms with E-state index in [2.05, 4.69) is 10.5 Å². The quantitative estimate of drug-likeness (QED) is 0.534. The molecule has 1 aromatic carbocycles. The largest absolute Gasteiger partial charge is 0.497 e. The van der Waals surface area contributed by atoms with Gasteiger partial charge in [-0.15, -0.1) is 11.3 Å². The van der Waals surface area contributed by atoms with Crippen LogP contribution in [0, 0.1) is 12.8 Å². The van der Waals surface area contributed by atoms with Gasteiger partial charge in [0.1, 0.15) is 11.4 Å². The molecule has 3 heterocycles. The van der Waals surface area contributed by atoms with Crippen LogP contribution in [0.5, 0.6) is 5.75 Å². The molecule has 2 aromatic heterocycles.